The van der Waals surface area contributed by atoms with E-state index < -0.39 is 11.9 Å². The van der Waals surface area contributed by atoms with Gasteiger partial charge in [-0.1, -0.05) is 18.2 Å². The summed E-state index contributed by atoms with van der Waals surface area (Å²) < 4.78 is 9.98. The third-order valence-corrected chi connectivity index (χ3v) is 2.03. The van der Waals surface area contributed by atoms with Crippen molar-refractivity contribution in [3.05, 3.63) is 29.8 Å². The Morgan fingerprint density at radius 2 is 2.00 bits per heavy atom. The Kier molecular flexibility index (Phi) is 5.00. The van der Waals surface area contributed by atoms with Crippen molar-refractivity contribution in [2.45, 2.75) is 13.3 Å². The highest BCUT2D eigenvalue weighted by Crippen LogP contribution is 2.16. The van der Waals surface area contributed by atoms with Gasteiger partial charge in [0.1, 0.15) is 5.75 Å². The fraction of sp³-hybridized carbons (Fsp3) is 0.333. The monoisotopic (exact) mass is 237 g/mol. The molecule has 0 bridgehead atoms. The van der Waals surface area contributed by atoms with Crippen LogP contribution in [0.25, 0.3) is 0 Å². The van der Waals surface area contributed by atoms with Crippen LogP contribution in [0, 0.1) is 6.92 Å². The second kappa shape index (κ2) is 6.52. The number of carbonyl (C=O) groups excluding carboxylic acids is 2. The van der Waals surface area contributed by atoms with E-state index in [1.165, 1.54) is 0 Å². The summed E-state index contributed by atoms with van der Waals surface area (Å²) in [5.41, 5.74) is 5.83. The summed E-state index contributed by atoms with van der Waals surface area (Å²) in [6.07, 6.45) is 0.0849. The van der Waals surface area contributed by atoms with E-state index in [1.54, 1.807) is 0 Å². The molecule has 1 aromatic carbocycles. The molecule has 0 saturated carbocycles. The van der Waals surface area contributed by atoms with Crippen LogP contribution >= 0.6 is 0 Å². The molecule has 0 radical (unpaired) electrons. The smallest absolute Gasteiger partial charge is 0.309 e. The number of rotatable bonds is 6. The number of primary amides is 1. The zero-order chi connectivity index (χ0) is 12.7. The number of esters is 1. The van der Waals surface area contributed by atoms with Gasteiger partial charge < -0.3 is 15.2 Å². The Labute approximate surface area is 99.5 Å². The molecular formula is C12H15NO4. The van der Waals surface area contributed by atoms with Gasteiger partial charge in [0.15, 0.2) is 6.61 Å². The fourth-order valence-corrected chi connectivity index (χ4v) is 1.19. The lowest BCUT2D eigenvalue weighted by molar-refractivity contribution is -0.148. The molecule has 0 fully saturated rings. The van der Waals surface area contributed by atoms with Crippen molar-refractivity contribution < 1.29 is 19.1 Å². The van der Waals surface area contributed by atoms with Crippen molar-refractivity contribution in [2.24, 2.45) is 5.73 Å². The second-order valence-electron chi connectivity index (χ2n) is 3.49. The van der Waals surface area contributed by atoms with Gasteiger partial charge in [0.2, 0.25) is 0 Å². The summed E-state index contributed by atoms with van der Waals surface area (Å²) in [6, 6.07) is 7.50. The largest absolute Gasteiger partial charge is 0.493 e. The topological polar surface area (TPSA) is 78.6 Å². The molecule has 1 aromatic rings. The van der Waals surface area contributed by atoms with Crippen LogP contribution in [0.5, 0.6) is 5.75 Å². The number of aryl methyl sites for hydroxylation is 1. The Balaban J connectivity index is 2.26. The number of nitrogens with two attached hydrogens (primary N) is 1. The van der Waals surface area contributed by atoms with E-state index in [0.29, 0.717) is 0 Å². The first kappa shape index (κ1) is 13.0. The fourth-order valence-electron chi connectivity index (χ4n) is 1.19. The number of hydrogen-bond donors (Lipinski definition) is 1. The first-order valence-electron chi connectivity index (χ1n) is 5.22. The Bertz CT molecular complexity index is 403. The van der Waals surface area contributed by atoms with Crippen LogP contribution < -0.4 is 10.5 Å². The molecule has 0 aliphatic heterocycles. The van der Waals surface area contributed by atoms with Crippen LogP contribution in [0.4, 0.5) is 0 Å². The lowest BCUT2D eigenvalue weighted by Crippen LogP contribution is -2.21. The minimum Gasteiger partial charge on any atom is -0.493 e. The molecule has 5 nitrogen and oxygen atoms in total. The van der Waals surface area contributed by atoms with Gasteiger partial charge in [0.05, 0.1) is 13.0 Å². The highest BCUT2D eigenvalue weighted by Gasteiger charge is 2.05. The highest BCUT2D eigenvalue weighted by atomic mass is 16.5. The maximum Gasteiger partial charge on any atom is 0.309 e. The maximum absolute atomic E-state index is 11.1. The van der Waals surface area contributed by atoms with E-state index in [9.17, 15) is 9.59 Å². The van der Waals surface area contributed by atoms with Gasteiger partial charge in [0, 0.05) is 0 Å². The molecule has 0 unspecified atom stereocenters. The molecule has 17 heavy (non-hydrogen) atoms. The summed E-state index contributed by atoms with van der Waals surface area (Å²) >= 11 is 0. The summed E-state index contributed by atoms with van der Waals surface area (Å²) in [5, 5.41) is 0. The van der Waals surface area contributed by atoms with E-state index in [0.717, 1.165) is 11.3 Å². The van der Waals surface area contributed by atoms with E-state index in [2.05, 4.69) is 4.74 Å². The van der Waals surface area contributed by atoms with Gasteiger partial charge in [0.25, 0.3) is 5.91 Å². The second-order valence-corrected chi connectivity index (χ2v) is 3.49. The average Bonchev–Trinajstić information content (AvgIpc) is 2.29. The van der Waals surface area contributed by atoms with Crippen LogP contribution in [-0.4, -0.2) is 25.1 Å². The molecule has 2 N–H and O–H groups in total. The van der Waals surface area contributed by atoms with Crippen molar-refractivity contribution in [2.75, 3.05) is 13.2 Å². The molecular weight excluding hydrogens is 222 g/mol. The van der Waals surface area contributed by atoms with Crippen molar-refractivity contribution in [3.8, 4) is 5.75 Å². The van der Waals surface area contributed by atoms with Crippen molar-refractivity contribution in [3.63, 3.8) is 0 Å². The molecule has 0 atom stereocenters. The molecule has 0 aliphatic rings. The van der Waals surface area contributed by atoms with Gasteiger partial charge in [-0.3, -0.25) is 9.59 Å². The van der Waals surface area contributed by atoms with Gasteiger partial charge in [-0.05, 0) is 18.6 Å². The van der Waals surface area contributed by atoms with E-state index in [1.807, 2.05) is 31.2 Å². The first-order valence-corrected chi connectivity index (χ1v) is 5.22. The summed E-state index contributed by atoms with van der Waals surface area (Å²) in [6.45, 7) is 1.74. The van der Waals surface area contributed by atoms with Crippen molar-refractivity contribution in [1.82, 2.24) is 0 Å². The molecule has 1 rings (SSSR count). The molecule has 0 heterocycles. The molecule has 1 amide bonds. The SMILES string of the molecule is Cc1ccccc1OCCC(=O)OCC(N)=O. The molecule has 92 valence electrons. The minimum atomic E-state index is -0.668. The minimum absolute atomic E-state index is 0.0849. The Hall–Kier alpha value is -2.04. The normalized spacial score (nSPS) is 9.71. The highest BCUT2D eigenvalue weighted by molar-refractivity contribution is 5.78. The lowest BCUT2D eigenvalue weighted by Gasteiger charge is -2.08. The quantitative estimate of drug-likeness (QED) is 0.742. The van der Waals surface area contributed by atoms with E-state index in [-0.39, 0.29) is 19.6 Å². The Morgan fingerprint density at radius 3 is 2.65 bits per heavy atom. The zero-order valence-corrected chi connectivity index (χ0v) is 9.64. The number of benzene rings is 1. The Morgan fingerprint density at radius 1 is 1.29 bits per heavy atom. The number of carbonyl (C=O) groups is 2. The summed E-state index contributed by atoms with van der Waals surface area (Å²) in [4.78, 5) is 21.5. The maximum atomic E-state index is 11.1. The van der Waals surface area contributed by atoms with Crippen molar-refractivity contribution >= 4 is 11.9 Å². The number of ether oxygens (including phenoxy) is 2. The van der Waals surface area contributed by atoms with Gasteiger partial charge in [-0.15, -0.1) is 0 Å². The molecule has 0 saturated heterocycles. The average molecular weight is 237 g/mol. The van der Waals surface area contributed by atoms with Gasteiger partial charge in [-0.2, -0.15) is 0 Å². The standard InChI is InChI=1S/C12H15NO4/c1-9-4-2-3-5-10(9)16-7-6-12(15)17-8-11(13)14/h2-5H,6-8H2,1H3,(H2,13,14). The third kappa shape index (κ3) is 5.01. The lowest BCUT2D eigenvalue weighted by atomic mass is 10.2. The van der Waals surface area contributed by atoms with Crippen LogP contribution in [0.3, 0.4) is 0 Å². The number of amides is 1. The molecule has 0 aromatic heterocycles. The number of hydrogen-bond acceptors (Lipinski definition) is 4. The van der Waals surface area contributed by atoms with E-state index >= 15 is 0 Å². The summed E-state index contributed by atoms with van der Waals surface area (Å²) in [7, 11) is 0. The van der Waals surface area contributed by atoms with Gasteiger partial charge >= 0.3 is 5.97 Å². The van der Waals surface area contributed by atoms with Crippen LogP contribution in [-0.2, 0) is 14.3 Å². The molecule has 0 spiro atoms. The predicted molar refractivity (Wildman–Crippen MR) is 61.4 cm³/mol. The first-order chi connectivity index (χ1) is 8.09. The molecule has 5 heteroatoms. The summed E-state index contributed by atoms with van der Waals surface area (Å²) in [5.74, 6) is -0.439. The predicted octanol–water partition coefficient (Wildman–Crippen LogP) is 0.792. The molecule has 0 aliphatic carbocycles. The van der Waals surface area contributed by atoms with Crippen LogP contribution in [0.1, 0.15) is 12.0 Å². The van der Waals surface area contributed by atoms with Crippen LogP contribution in [0.2, 0.25) is 0 Å². The van der Waals surface area contributed by atoms with Crippen LogP contribution in [0.15, 0.2) is 24.3 Å². The van der Waals surface area contributed by atoms with Gasteiger partial charge in [-0.25, -0.2) is 0 Å². The van der Waals surface area contributed by atoms with E-state index in [4.69, 9.17) is 10.5 Å². The van der Waals surface area contributed by atoms with Crippen molar-refractivity contribution in [1.29, 1.82) is 0 Å². The zero-order valence-electron chi connectivity index (χ0n) is 9.64. The number of para-hydroxylation sites is 1. The third-order valence-electron chi connectivity index (χ3n) is 2.03.